The van der Waals surface area contributed by atoms with Gasteiger partial charge in [0.15, 0.2) is 0 Å². The lowest BCUT2D eigenvalue weighted by molar-refractivity contribution is -0.140. The van der Waals surface area contributed by atoms with Gasteiger partial charge >= 0.3 is 5.97 Å². The molecule has 6 heteroatoms. The third-order valence-electron chi connectivity index (χ3n) is 4.40. The van der Waals surface area contributed by atoms with Crippen molar-refractivity contribution in [2.75, 3.05) is 17.5 Å². The lowest BCUT2D eigenvalue weighted by atomic mass is 10.1. The van der Waals surface area contributed by atoms with Crippen LogP contribution in [0.2, 0.25) is 0 Å². The highest BCUT2D eigenvalue weighted by Crippen LogP contribution is 2.41. The molecule has 1 heterocycles. The van der Waals surface area contributed by atoms with E-state index in [2.05, 4.69) is 0 Å². The van der Waals surface area contributed by atoms with Crippen molar-refractivity contribution in [1.82, 2.24) is 0 Å². The summed E-state index contributed by atoms with van der Waals surface area (Å²) in [5.41, 5.74) is 1.51. The number of esters is 1. The highest BCUT2D eigenvalue weighted by atomic mass is 32.2. The fourth-order valence-corrected chi connectivity index (χ4v) is 4.84. The number of sulfonamides is 1. The Labute approximate surface area is 157 Å². The van der Waals surface area contributed by atoms with Crippen LogP contribution >= 0.6 is 0 Å². The second-order valence-corrected chi connectivity index (χ2v) is 7.97. The summed E-state index contributed by atoms with van der Waals surface area (Å²) < 4.78 is 31.9. The molecule has 0 spiro atoms. The van der Waals surface area contributed by atoms with Crippen molar-refractivity contribution in [2.45, 2.75) is 4.90 Å². The van der Waals surface area contributed by atoms with E-state index < -0.39 is 16.0 Å². The van der Waals surface area contributed by atoms with E-state index in [1.807, 2.05) is 48.5 Å². The molecule has 0 saturated heterocycles. The Morgan fingerprint density at radius 1 is 0.963 bits per heavy atom. The lowest BCUT2D eigenvalue weighted by Crippen LogP contribution is -2.33. The van der Waals surface area contributed by atoms with Gasteiger partial charge in [0.2, 0.25) is 0 Å². The number of hydrogen-bond acceptors (Lipinski definition) is 4. The average Bonchev–Trinajstić information content (AvgIpc) is 2.90. The Morgan fingerprint density at radius 3 is 2.48 bits per heavy atom. The Bertz CT molecular complexity index is 1130. The van der Waals surface area contributed by atoms with Gasteiger partial charge in [-0.3, -0.25) is 9.10 Å². The van der Waals surface area contributed by atoms with E-state index in [-0.39, 0.29) is 18.0 Å². The molecule has 3 aromatic rings. The van der Waals surface area contributed by atoms with Gasteiger partial charge in [-0.15, -0.1) is 0 Å². The van der Waals surface area contributed by atoms with Gasteiger partial charge in [-0.05, 0) is 29.2 Å². The second-order valence-electron chi connectivity index (χ2n) is 6.14. The minimum atomic E-state index is -3.75. The van der Waals surface area contributed by atoms with E-state index in [1.54, 1.807) is 30.3 Å². The molecule has 0 amide bonds. The quantitative estimate of drug-likeness (QED) is 0.636. The van der Waals surface area contributed by atoms with Crippen LogP contribution in [0.3, 0.4) is 0 Å². The third-order valence-corrected chi connectivity index (χ3v) is 6.21. The number of carbonyl (C=O) groups excluding carboxylic acids is 1. The van der Waals surface area contributed by atoms with E-state index in [0.717, 1.165) is 15.3 Å². The van der Waals surface area contributed by atoms with Crippen LogP contribution < -0.4 is 4.31 Å². The predicted molar refractivity (Wildman–Crippen MR) is 105 cm³/mol. The summed E-state index contributed by atoms with van der Waals surface area (Å²) in [4.78, 5) is 12.4. The highest BCUT2D eigenvalue weighted by Gasteiger charge is 2.36. The number of rotatable bonds is 5. The van der Waals surface area contributed by atoms with E-state index >= 15 is 0 Å². The summed E-state index contributed by atoms with van der Waals surface area (Å²) in [5, 5.41) is 1.48. The van der Waals surface area contributed by atoms with Crippen molar-refractivity contribution in [3.63, 3.8) is 0 Å². The normalized spacial score (nSPS) is 14.7. The predicted octanol–water partition coefficient (Wildman–Crippen LogP) is 3.61. The summed E-state index contributed by atoms with van der Waals surface area (Å²) in [7, 11) is -3.75. The first-order valence-corrected chi connectivity index (χ1v) is 9.93. The molecular weight excluding hydrogens is 362 g/mol. The van der Waals surface area contributed by atoms with Gasteiger partial charge < -0.3 is 4.74 Å². The fraction of sp³-hybridized carbons (Fsp3) is 0.0952. The molecule has 0 bridgehead atoms. The van der Waals surface area contributed by atoms with Gasteiger partial charge in [-0.2, -0.15) is 0 Å². The first-order valence-electron chi connectivity index (χ1n) is 8.49. The van der Waals surface area contributed by atoms with Gasteiger partial charge in [0.05, 0.1) is 10.6 Å². The molecule has 1 aliphatic rings. The minimum absolute atomic E-state index is 0.0821. The molecule has 0 aromatic heterocycles. The lowest BCUT2D eigenvalue weighted by Gasteiger charge is -2.17. The zero-order valence-corrected chi connectivity index (χ0v) is 15.2. The van der Waals surface area contributed by atoms with Gasteiger partial charge in [0.25, 0.3) is 10.0 Å². The van der Waals surface area contributed by atoms with Crippen LogP contribution in [0, 0.1) is 0 Å². The molecule has 3 aromatic carbocycles. The highest BCUT2D eigenvalue weighted by molar-refractivity contribution is 7.93. The monoisotopic (exact) mass is 379 g/mol. The smallest absolute Gasteiger partial charge is 0.327 e. The van der Waals surface area contributed by atoms with E-state index in [0.29, 0.717) is 11.1 Å². The summed E-state index contributed by atoms with van der Waals surface area (Å²) >= 11 is 0. The summed E-state index contributed by atoms with van der Waals surface area (Å²) in [6, 6.07) is 20.1. The zero-order valence-electron chi connectivity index (χ0n) is 14.4. The number of anilines is 1. The van der Waals surface area contributed by atoms with Gasteiger partial charge in [0, 0.05) is 5.39 Å². The van der Waals surface area contributed by atoms with E-state index in [1.165, 1.54) is 0 Å². The maximum absolute atomic E-state index is 12.8. The molecule has 0 radical (unpaired) electrons. The Balaban J connectivity index is 1.48. The Hall–Kier alpha value is -3.12. The molecule has 27 heavy (non-hydrogen) atoms. The first kappa shape index (κ1) is 17.3. The Morgan fingerprint density at radius 2 is 1.70 bits per heavy atom. The molecule has 1 aliphatic heterocycles. The fourth-order valence-electron chi connectivity index (χ4n) is 3.18. The standard InChI is InChI=1S/C21H17NO4S/c23-20(26-14-6-9-16-7-2-1-3-8-16)15-22-18-12-4-10-17-11-5-13-19(21(17)18)27(22,24)25/h1-13H,14-15H2. The maximum atomic E-state index is 12.8. The molecule has 4 rings (SSSR count). The van der Waals surface area contributed by atoms with Gasteiger partial charge in [-0.25, -0.2) is 8.42 Å². The van der Waals surface area contributed by atoms with Gasteiger partial charge in [-0.1, -0.05) is 60.7 Å². The summed E-state index contributed by atoms with van der Waals surface area (Å²) in [5.74, 6) is -0.596. The molecule has 0 fully saturated rings. The maximum Gasteiger partial charge on any atom is 0.327 e. The molecule has 0 saturated carbocycles. The average molecular weight is 379 g/mol. The summed E-state index contributed by atoms with van der Waals surface area (Å²) in [6.45, 7) is -0.270. The van der Waals surface area contributed by atoms with Crippen LogP contribution in [-0.4, -0.2) is 27.5 Å². The third kappa shape index (κ3) is 3.19. The van der Waals surface area contributed by atoms with Crippen LogP contribution in [0.4, 0.5) is 5.69 Å². The molecule has 0 aliphatic carbocycles. The van der Waals surface area contributed by atoms with Crippen molar-refractivity contribution in [2.24, 2.45) is 0 Å². The van der Waals surface area contributed by atoms with Gasteiger partial charge in [0.1, 0.15) is 13.2 Å². The van der Waals surface area contributed by atoms with E-state index in [9.17, 15) is 13.2 Å². The van der Waals surface area contributed by atoms with Crippen LogP contribution in [0.25, 0.3) is 16.8 Å². The van der Waals surface area contributed by atoms with Crippen molar-refractivity contribution in [3.05, 3.63) is 78.4 Å². The molecular formula is C21H17NO4S. The molecule has 5 nitrogen and oxygen atoms in total. The van der Waals surface area contributed by atoms with Crippen LogP contribution in [0.15, 0.2) is 77.7 Å². The van der Waals surface area contributed by atoms with Crippen molar-refractivity contribution >= 4 is 38.5 Å². The SMILES string of the molecule is O=C(CN1c2cccc3cccc(c23)S1(=O)=O)OCC=Cc1ccccc1. The zero-order chi connectivity index (χ0) is 18.9. The van der Waals surface area contributed by atoms with Crippen LogP contribution in [-0.2, 0) is 19.6 Å². The van der Waals surface area contributed by atoms with Crippen molar-refractivity contribution < 1.29 is 17.9 Å². The van der Waals surface area contributed by atoms with Crippen molar-refractivity contribution in [3.8, 4) is 0 Å². The number of nitrogens with zero attached hydrogens (tertiary/aromatic N) is 1. The Kier molecular flexibility index (Phi) is 4.41. The second kappa shape index (κ2) is 6.89. The minimum Gasteiger partial charge on any atom is -0.460 e. The van der Waals surface area contributed by atoms with E-state index in [4.69, 9.17) is 4.74 Å². The molecule has 0 atom stereocenters. The molecule has 0 N–H and O–H groups in total. The van der Waals surface area contributed by atoms with Crippen LogP contribution in [0.5, 0.6) is 0 Å². The molecule has 136 valence electrons. The molecule has 0 unspecified atom stereocenters. The van der Waals surface area contributed by atoms with Crippen molar-refractivity contribution in [1.29, 1.82) is 0 Å². The largest absolute Gasteiger partial charge is 0.460 e. The number of hydrogen-bond donors (Lipinski definition) is 0. The first-order chi connectivity index (χ1) is 13.1. The number of ether oxygens (including phenoxy) is 1. The van der Waals surface area contributed by atoms with Crippen LogP contribution in [0.1, 0.15) is 5.56 Å². The summed E-state index contributed by atoms with van der Waals surface area (Å²) in [6.07, 6.45) is 3.57. The number of benzene rings is 3. The number of carbonyl (C=O) groups is 1. The topological polar surface area (TPSA) is 63.7 Å².